The second kappa shape index (κ2) is 3.11. The van der Waals surface area contributed by atoms with Crippen molar-refractivity contribution in [1.82, 2.24) is 5.32 Å². The van der Waals surface area contributed by atoms with Gasteiger partial charge in [-0.3, -0.25) is 0 Å². The summed E-state index contributed by atoms with van der Waals surface area (Å²) in [6.45, 7) is 5.39. The van der Waals surface area contributed by atoms with Crippen LogP contribution in [-0.2, 0) is 4.74 Å². The van der Waals surface area contributed by atoms with Gasteiger partial charge in [-0.2, -0.15) is 0 Å². The fourth-order valence-electron chi connectivity index (χ4n) is 1.73. The third kappa shape index (κ3) is 1.74. The van der Waals surface area contributed by atoms with E-state index < -0.39 is 0 Å². The third-order valence-corrected chi connectivity index (χ3v) is 2.90. The lowest BCUT2D eigenvalue weighted by Crippen LogP contribution is -2.46. The number of ether oxygens (including phenoxy) is 1. The summed E-state index contributed by atoms with van der Waals surface area (Å²) < 4.78 is 5.08. The largest absolute Gasteiger partial charge is 0.378 e. The molecule has 2 fully saturated rings. The molecule has 2 atom stereocenters. The van der Waals surface area contributed by atoms with Gasteiger partial charge in [0.15, 0.2) is 0 Å². The normalized spacial score (nSPS) is 36.8. The van der Waals surface area contributed by atoms with Crippen molar-refractivity contribution in [3.05, 3.63) is 0 Å². The Kier molecular flexibility index (Phi) is 2.14. The Labute approximate surface area is 68.3 Å². The molecule has 2 unspecified atom stereocenters. The molecule has 2 rings (SSSR count). The van der Waals surface area contributed by atoms with E-state index in [0.29, 0.717) is 6.04 Å². The van der Waals surface area contributed by atoms with Gasteiger partial charge in [-0.05, 0) is 24.8 Å². The van der Waals surface area contributed by atoms with Gasteiger partial charge in [-0.15, -0.1) is 0 Å². The molecule has 1 heterocycles. The maximum absolute atomic E-state index is 5.08. The maximum Gasteiger partial charge on any atom is 0.0643 e. The summed E-state index contributed by atoms with van der Waals surface area (Å²) in [7, 11) is 0. The summed E-state index contributed by atoms with van der Waals surface area (Å²) in [6.07, 6.45) is 2.82. The second-order valence-corrected chi connectivity index (χ2v) is 3.81. The van der Waals surface area contributed by atoms with Crippen LogP contribution in [0.2, 0.25) is 0 Å². The van der Waals surface area contributed by atoms with Gasteiger partial charge in [0.25, 0.3) is 0 Å². The zero-order valence-electron chi connectivity index (χ0n) is 7.18. The molecule has 64 valence electrons. The van der Waals surface area contributed by atoms with Crippen molar-refractivity contribution in [3.8, 4) is 0 Å². The van der Waals surface area contributed by atoms with Gasteiger partial charge >= 0.3 is 0 Å². The van der Waals surface area contributed by atoms with Crippen molar-refractivity contribution in [2.24, 2.45) is 11.8 Å². The summed E-state index contributed by atoms with van der Waals surface area (Å²) in [5.74, 6) is 2.02. The molecule has 1 aliphatic carbocycles. The summed E-state index contributed by atoms with van der Waals surface area (Å²) in [4.78, 5) is 0. The second-order valence-electron chi connectivity index (χ2n) is 3.81. The minimum absolute atomic E-state index is 0.674. The van der Waals surface area contributed by atoms with Crippen molar-refractivity contribution < 1.29 is 4.74 Å². The number of rotatable bonds is 4. The van der Waals surface area contributed by atoms with Crippen molar-refractivity contribution in [2.45, 2.75) is 25.8 Å². The fourth-order valence-corrected chi connectivity index (χ4v) is 1.73. The van der Waals surface area contributed by atoms with Gasteiger partial charge in [-0.1, -0.05) is 13.3 Å². The van der Waals surface area contributed by atoms with E-state index in [2.05, 4.69) is 12.2 Å². The predicted molar refractivity (Wildman–Crippen MR) is 44.5 cm³/mol. The molecule has 1 N–H and O–H groups in total. The molecule has 1 saturated heterocycles. The summed E-state index contributed by atoms with van der Waals surface area (Å²) in [5.41, 5.74) is 0. The van der Waals surface area contributed by atoms with Crippen LogP contribution in [0.5, 0.6) is 0 Å². The molecule has 0 aromatic rings. The quantitative estimate of drug-likeness (QED) is 0.654. The van der Waals surface area contributed by atoms with Crippen molar-refractivity contribution in [3.63, 3.8) is 0 Å². The monoisotopic (exact) mass is 155 g/mol. The topological polar surface area (TPSA) is 21.3 Å². The highest BCUT2D eigenvalue weighted by molar-refractivity contribution is 4.88. The fraction of sp³-hybridized carbons (Fsp3) is 1.00. The molecule has 0 bridgehead atoms. The van der Waals surface area contributed by atoms with Gasteiger partial charge in [0, 0.05) is 0 Å². The molecular weight excluding hydrogens is 138 g/mol. The molecule has 0 aromatic carbocycles. The lowest BCUT2D eigenvalue weighted by Gasteiger charge is -2.27. The van der Waals surface area contributed by atoms with Gasteiger partial charge in [0.05, 0.1) is 19.3 Å². The maximum atomic E-state index is 5.08. The van der Waals surface area contributed by atoms with Gasteiger partial charge in [-0.25, -0.2) is 0 Å². The zero-order chi connectivity index (χ0) is 7.68. The highest BCUT2D eigenvalue weighted by Crippen LogP contribution is 2.40. The molecule has 11 heavy (non-hydrogen) atoms. The first-order chi connectivity index (χ1) is 5.40. The molecule has 2 nitrogen and oxygen atoms in total. The van der Waals surface area contributed by atoms with E-state index >= 15 is 0 Å². The van der Waals surface area contributed by atoms with Gasteiger partial charge in [0.2, 0.25) is 0 Å². The van der Waals surface area contributed by atoms with Crippen molar-refractivity contribution in [2.75, 3.05) is 19.8 Å². The molecule has 0 aromatic heterocycles. The number of hydrogen-bond acceptors (Lipinski definition) is 2. The first-order valence-corrected chi connectivity index (χ1v) is 4.71. The van der Waals surface area contributed by atoms with E-state index in [1.165, 1.54) is 19.4 Å². The SMILES string of the molecule is CCC1CC1CNC1COC1. The Balaban J connectivity index is 1.54. The molecular formula is C9H17NO. The Morgan fingerprint density at radius 2 is 2.18 bits per heavy atom. The smallest absolute Gasteiger partial charge is 0.0643 e. The highest BCUT2D eigenvalue weighted by Gasteiger charge is 2.35. The molecule has 1 aliphatic heterocycles. The summed E-state index contributed by atoms with van der Waals surface area (Å²) >= 11 is 0. The summed E-state index contributed by atoms with van der Waals surface area (Å²) in [6, 6.07) is 0.674. The van der Waals surface area contributed by atoms with E-state index in [0.717, 1.165) is 25.0 Å². The molecule has 1 saturated carbocycles. The van der Waals surface area contributed by atoms with E-state index in [4.69, 9.17) is 4.74 Å². The molecule has 0 amide bonds. The number of nitrogens with one attached hydrogen (secondary N) is 1. The standard InChI is InChI=1S/C9H17NO/c1-2-7-3-8(7)4-10-9-5-11-6-9/h7-10H,2-6H2,1H3. The van der Waals surface area contributed by atoms with E-state index in [1.54, 1.807) is 0 Å². The third-order valence-electron chi connectivity index (χ3n) is 2.90. The van der Waals surface area contributed by atoms with Crippen molar-refractivity contribution in [1.29, 1.82) is 0 Å². The highest BCUT2D eigenvalue weighted by atomic mass is 16.5. The molecule has 0 radical (unpaired) electrons. The Morgan fingerprint density at radius 1 is 1.36 bits per heavy atom. The Morgan fingerprint density at radius 3 is 2.64 bits per heavy atom. The lowest BCUT2D eigenvalue weighted by molar-refractivity contribution is -0.00545. The summed E-state index contributed by atoms with van der Waals surface area (Å²) in [5, 5.41) is 3.52. The lowest BCUT2D eigenvalue weighted by atomic mass is 10.2. The average molecular weight is 155 g/mol. The van der Waals surface area contributed by atoms with Crippen LogP contribution in [0.25, 0.3) is 0 Å². The van der Waals surface area contributed by atoms with Crippen LogP contribution in [0, 0.1) is 11.8 Å². The van der Waals surface area contributed by atoms with Crippen LogP contribution in [0.3, 0.4) is 0 Å². The van der Waals surface area contributed by atoms with Crippen LogP contribution in [0.4, 0.5) is 0 Å². The molecule has 2 heteroatoms. The average Bonchev–Trinajstić information content (AvgIpc) is 2.64. The van der Waals surface area contributed by atoms with Crippen LogP contribution in [0.1, 0.15) is 19.8 Å². The van der Waals surface area contributed by atoms with E-state index in [1.807, 2.05) is 0 Å². The number of hydrogen-bond donors (Lipinski definition) is 1. The first-order valence-electron chi connectivity index (χ1n) is 4.71. The zero-order valence-corrected chi connectivity index (χ0v) is 7.18. The van der Waals surface area contributed by atoms with Crippen LogP contribution >= 0.6 is 0 Å². The minimum atomic E-state index is 0.674. The van der Waals surface area contributed by atoms with Crippen LogP contribution in [0.15, 0.2) is 0 Å². The van der Waals surface area contributed by atoms with Crippen molar-refractivity contribution >= 4 is 0 Å². The van der Waals surface area contributed by atoms with Crippen LogP contribution < -0.4 is 5.32 Å². The van der Waals surface area contributed by atoms with Gasteiger partial charge in [0.1, 0.15) is 0 Å². The first kappa shape index (κ1) is 7.56. The molecule has 2 aliphatic rings. The van der Waals surface area contributed by atoms with Crippen LogP contribution in [-0.4, -0.2) is 25.8 Å². The minimum Gasteiger partial charge on any atom is -0.378 e. The Bertz CT molecular complexity index is 134. The molecule has 0 spiro atoms. The van der Waals surface area contributed by atoms with E-state index in [-0.39, 0.29) is 0 Å². The predicted octanol–water partition coefficient (Wildman–Crippen LogP) is 1.02. The van der Waals surface area contributed by atoms with Gasteiger partial charge < -0.3 is 10.1 Å². The van der Waals surface area contributed by atoms with E-state index in [9.17, 15) is 0 Å². The Hall–Kier alpha value is -0.0800.